The van der Waals surface area contributed by atoms with Crippen LogP contribution in [0.15, 0.2) is 23.3 Å². The summed E-state index contributed by atoms with van der Waals surface area (Å²) in [6.07, 6.45) is 4.97. The molecule has 0 saturated heterocycles. The van der Waals surface area contributed by atoms with E-state index < -0.39 is 0 Å². The van der Waals surface area contributed by atoms with Crippen LogP contribution >= 0.6 is 11.3 Å². The molecule has 0 aliphatic rings. The predicted octanol–water partition coefficient (Wildman–Crippen LogP) is 2.45. The molecule has 92 valence electrons. The Bertz CT molecular complexity index is 435. The topological polar surface area (TPSA) is 42.7 Å². The molecule has 17 heavy (non-hydrogen) atoms. The second-order valence-electron chi connectivity index (χ2n) is 3.87. The Kier molecular flexibility index (Phi) is 4.28. The van der Waals surface area contributed by atoms with Crippen LogP contribution < -0.4 is 5.32 Å². The maximum Gasteiger partial charge on any atom is 0.132 e. The molecular formula is C12H18N4S. The van der Waals surface area contributed by atoms with Gasteiger partial charge in [-0.1, -0.05) is 6.92 Å². The van der Waals surface area contributed by atoms with Gasteiger partial charge in [0.1, 0.15) is 11.9 Å². The summed E-state index contributed by atoms with van der Waals surface area (Å²) in [6.45, 7) is 6.20. The highest BCUT2D eigenvalue weighted by molar-refractivity contribution is 7.07. The van der Waals surface area contributed by atoms with E-state index in [0.29, 0.717) is 0 Å². The highest BCUT2D eigenvalue weighted by atomic mass is 32.1. The van der Waals surface area contributed by atoms with E-state index >= 15 is 0 Å². The molecule has 0 bridgehead atoms. The van der Waals surface area contributed by atoms with Crippen LogP contribution in [-0.4, -0.2) is 21.1 Å². The van der Waals surface area contributed by atoms with Crippen LogP contribution in [0.4, 0.5) is 0 Å². The minimum Gasteiger partial charge on any atom is -0.334 e. The van der Waals surface area contributed by atoms with Crippen molar-refractivity contribution in [3.63, 3.8) is 0 Å². The smallest absolute Gasteiger partial charge is 0.132 e. The summed E-state index contributed by atoms with van der Waals surface area (Å²) >= 11 is 1.62. The van der Waals surface area contributed by atoms with Gasteiger partial charge in [0.05, 0.1) is 11.2 Å². The number of imidazole rings is 1. The minimum atomic E-state index is 0.108. The highest BCUT2D eigenvalue weighted by Gasteiger charge is 2.19. The molecule has 0 radical (unpaired) electrons. The second kappa shape index (κ2) is 5.93. The van der Waals surface area contributed by atoms with E-state index in [9.17, 15) is 0 Å². The predicted molar refractivity (Wildman–Crippen MR) is 70.2 cm³/mol. The van der Waals surface area contributed by atoms with Crippen molar-refractivity contribution in [1.82, 2.24) is 19.9 Å². The van der Waals surface area contributed by atoms with Crippen LogP contribution in [0.25, 0.3) is 0 Å². The fourth-order valence-electron chi connectivity index (χ4n) is 1.83. The van der Waals surface area contributed by atoms with E-state index in [4.69, 9.17) is 0 Å². The van der Waals surface area contributed by atoms with Crippen LogP contribution in [-0.2, 0) is 6.54 Å². The minimum absolute atomic E-state index is 0.108. The highest BCUT2D eigenvalue weighted by Crippen LogP contribution is 2.20. The molecule has 2 rings (SSSR count). The molecule has 1 unspecified atom stereocenters. The molecule has 2 aromatic heterocycles. The molecule has 1 N–H and O–H groups in total. The summed E-state index contributed by atoms with van der Waals surface area (Å²) in [6, 6.07) is 0.108. The maximum atomic E-state index is 4.46. The van der Waals surface area contributed by atoms with Crippen LogP contribution in [0.5, 0.6) is 0 Å². The average Bonchev–Trinajstić information content (AvgIpc) is 3.00. The van der Waals surface area contributed by atoms with Gasteiger partial charge in [0.2, 0.25) is 0 Å². The molecule has 2 heterocycles. The van der Waals surface area contributed by atoms with Crippen molar-refractivity contribution in [2.45, 2.75) is 32.9 Å². The number of aromatic nitrogens is 3. The lowest BCUT2D eigenvalue weighted by Gasteiger charge is -2.17. The zero-order valence-electron chi connectivity index (χ0n) is 10.3. The van der Waals surface area contributed by atoms with Crippen molar-refractivity contribution in [2.75, 3.05) is 6.54 Å². The third-order valence-electron chi connectivity index (χ3n) is 2.69. The molecular weight excluding hydrogens is 232 g/mol. The molecule has 5 heteroatoms. The van der Waals surface area contributed by atoms with Gasteiger partial charge in [0.15, 0.2) is 0 Å². The van der Waals surface area contributed by atoms with E-state index in [1.165, 1.54) is 0 Å². The summed E-state index contributed by atoms with van der Waals surface area (Å²) in [5, 5.41) is 5.60. The third kappa shape index (κ3) is 2.73. The van der Waals surface area contributed by atoms with Gasteiger partial charge in [-0.05, 0) is 19.9 Å². The summed E-state index contributed by atoms with van der Waals surface area (Å²) in [7, 11) is 0. The first-order valence-corrected chi connectivity index (χ1v) is 6.93. The van der Waals surface area contributed by atoms with Crippen LogP contribution in [0.3, 0.4) is 0 Å². The van der Waals surface area contributed by atoms with Crippen molar-refractivity contribution in [3.05, 3.63) is 34.8 Å². The van der Waals surface area contributed by atoms with E-state index in [-0.39, 0.29) is 6.04 Å². The molecule has 0 fully saturated rings. The summed E-state index contributed by atoms with van der Waals surface area (Å²) < 4.78 is 2.16. The van der Waals surface area contributed by atoms with Gasteiger partial charge in [0.25, 0.3) is 0 Å². The summed E-state index contributed by atoms with van der Waals surface area (Å²) in [5.74, 6) is 1.05. The Morgan fingerprint density at radius 1 is 1.41 bits per heavy atom. The van der Waals surface area contributed by atoms with Gasteiger partial charge in [-0.3, -0.25) is 0 Å². The van der Waals surface area contributed by atoms with Crippen molar-refractivity contribution in [2.24, 2.45) is 0 Å². The van der Waals surface area contributed by atoms with E-state index in [1.54, 1.807) is 11.3 Å². The first kappa shape index (κ1) is 12.3. The number of thiazole rings is 1. The van der Waals surface area contributed by atoms with Gasteiger partial charge in [-0.2, -0.15) is 0 Å². The van der Waals surface area contributed by atoms with E-state index in [2.05, 4.69) is 39.1 Å². The molecule has 0 aliphatic carbocycles. The standard InChI is InChI=1S/C12H18N4S/c1-3-5-13-11(10-8-17-9-15-10)12-14-6-7-16(12)4-2/h6-9,11,13H,3-5H2,1-2H3. The average molecular weight is 250 g/mol. The molecule has 4 nitrogen and oxygen atoms in total. The Balaban J connectivity index is 2.27. The molecule has 0 aliphatic heterocycles. The third-order valence-corrected chi connectivity index (χ3v) is 3.30. The first-order valence-electron chi connectivity index (χ1n) is 5.99. The van der Waals surface area contributed by atoms with Crippen molar-refractivity contribution >= 4 is 11.3 Å². The second-order valence-corrected chi connectivity index (χ2v) is 4.59. The molecule has 2 aromatic rings. The first-order chi connectivity index (χ1) is 8.36. The fraction of sp³-hybridized carbons (Fsp3) is 0.500. The fourth-order valence-corrected chi connectivity index (χ4v) is 2.41. The molecule has 0 aromatic carbocycles. The number of nitrogens with one attached hydrogen (secondary N) is 1. The van der Waals surface area contributed by atoms with Crippen LogP contribution in [0.1, 0.15) is 37.8 Å². The number of rotatable bonds is 6. The number of aryl methyl sites for hydroxylation is 1. The van der Waals surface area contributed by atoms with Gasteiger partial charge in [-0.25, -0.2) is 9.97 Å². The maximum absolute atomic E-state index is 4.46. The van der Waals surface area contributed by atoms with Gasteiger partial charge >= 0.3 is 0 Å². The largest absolute Gasteiger partial charge is 0.334 e. The Morgan fingerprint density at radius 3 is 2.94 bits per heavy atom. The number of hydrogen-bond acceptors (Lipinski definition) is 4. The van der Waals surface area contributed by atoms with E-state index in [1.807, 2.05) is 17.9 Å². The van der Waals surface area contributed by atoms with Crippen molar-refractivity contribution in [1.29, 1.82) is 0 Å². The Morgan fingerprint density at radius 2 is 2.29 bits per heavy atom. The summed E-state index contributed by atoms with van der Waals surface area (Å²) in [5.41, 5.74) is 2.93. The molecule has 0 spiro atoms. The molecule has 0 saturated carbocycles. The number of hydrogen-bond donors (Lipinski definition) is 1. The monoisotopic (exact) mass is 250 g/mol. The molecule has 1 atom stereocenters. The summed E-state index contributed by atoms with van der Waals surface area (Å²) in [4.78, 5) is 8.86. The zero-order chi connectivity index (χ0) is 12.1. The SMILES string of the molecule is CCCNC(c1cscn1)c1nccn1CC. The quantitative estimate of drug-likeness (QED) is 0.856. The van der Waals surface area contributed by atoms with Crippen LogP contribution in [0.2, 0.25) is 0 Å². The Labute approximate surface area is 106 Å². The van der Waals surface area contributed by atoms with Crippen LogP contribution in [0, 0.1) is 0 Å². The number of nitrogens with zero attached hydrogens (tertiary/aromatic N) is 3. The lowest BCUT2D eigenvalue weighted by Crippen LogP contribution is -2.26. The van der Waals surface area contributed by atoms with Gasteiger partial charge < -0.3 is 9.88 Å². The van der Waals surface area contributed by atoms with Crippen molar-refractivity contribution < 1.29 is 0 Å². The van der Waals surface area contributed by atoms with E-state index in [0.717, 1.165) is 31.0 Å². The molecule has 0 amide bonds. The van der Waals surface area contributed by atoms with Gasteiger partial charge in [-0.15, -0.1) is 11.3 Å². The zero-order valence-corrected chi connectivity index (χ0v) is 11.1. The Hall–Kier alpha value is -1.20. The lowest BCUT2D eigenvalue weighted by atomic mass is 10.2. The normalized spacial score (nSPS) is 12.8. The van der Waals surface area contributed by atoms with Gasteiger partial charge in [0, 0.05) is 24.3 Å². The van der Waals surface area contributed by atoms with Crippen molar-refractivity contribution in [3.8, 4) is 0 Å². The lowest BCUT2D eigenvalue weighted by molar-refractivity contribution is 0.534.